The molecule has 0 radical (unpaired) electrons. The van der Waals surface area contributed by atoms with Crippen molar-refractivity contribution in [3.63, 3.8) is 0 Å². The normalized spacial score (nSPS) is 18.5. The van der Waals surface area contributed by atoms with E-state index in [1.807, 2.05) is 20.8 Å². The second-order valence-electron chi connectivity index (χ2n) is 6.58. The van der Waals surface area contributed by atoms with E-state index in [0.29, 0.717) is 26.4 Å². The van der Waals surface area contributed by atoms with Crippen molar-refractivity contribution in [1.29, 1.82) is 0 Å². The first-order valence-corrected chi connectivity index (χ1v) is 10.4. The Bertz CT molecular complexity index is 289. The Balaban J connectivity index is 2.58. The molecular formula is C20H40O5. The van der Waals surface area contributed by atoms with Crippen LogP contribution in [0.3, 0.4) is 0 Å². The van der Waals surface area contributed by atoms with Crippen LogP contribution < -0.4 is 0 Å². The minimum Gasteiger partial charge on any atom is -0.350 e. The Labute approximate surface area is 154 Å². The van der Waals surface area contributed by atoms with Gasteiger partial charge in [0.1, 0.15) is 6.61 Å². The molecule has 1 heterocycles. The first-order chi connectivity index (χ1) is 12.2. The molecule has 0 aromatic rings. The van der Waals surface area contributed by atoms with Gasteiger partial charge >= 0.3 is 0 Å². The van der Waals surface area contributed by atoms with E-state index in [0.717, 1.165) is 19.4 Å². The van der Waals surface area contributed by atoms with Crippen molar-refractivity contribution in [2.75, 3.05) is 33.0 Å². The molecular weight excluding hydrogens is 320 g/mol. The van der Waals surface area contributed by atoms with E-state index in [9.17, 15) is 0 Å². The van der Waals surface area contributed by atoms with Gasteiger partial charge in [0.25, 0.3) is 5.97 Å². The van der Waals surface area contributed by atoms with Gasteiger partial charge in [-0.2, -0.15) is 0 Å². The van der Waals surface area contributed by atoms with Gasteiger partial charge in [-0.05, 0) is 33.6 Å². The van der Waals surface area contributed by atoms with Crippen molar-refractivity contribution in [3.05, 3.63) is 0 Å². The molecule has 0 bridgehead atoms. The summed E-state index contributed by atoms with van der Waals surface area (Å²) in [4.78, 5) is 0. The zero-order valence-corrected chi connectivity index (χ0v) is 16.9. The highest BCUT2D eigenvalue weighted by Gasteiger charge is 2.41. The summed E-state index contributed by atoms with van der Waals surface area (Å²) in [7, 11) is 0. The van der Waals surface area contributed by atoms with Crippen LogP contribution in [0.4, 0.5) is 0 Å². The number of epoxide rings is 1. The summed E-state index contributed by atoms with van der Waals surface area (Å²) in [6, 6.07) is 0. The molecule has 5 heteroatoms. The lowest BCUT2D eigenvalue weighted by Crippen LogP contribution is -2.47. The monoisotopic (exact) mass is 360 g/mol. The van der Waals surface area contributed by atoms with Gasteiger partial charge < -0.3 is 23.7 Å². The average molecular weight is 361 g/mol. The standard InChI is InChI=1S/C20H40O5/c1-5-9-10-11-12-13-14-18(15-16-21-19-17-22-19)20(23-6-2,24-7-3)25-8-4/h18-19H,5-17H2,1-4H3. The average Bonchev–Trinajstić information content (AvgIpc) is 3.41. The van der Waals surface area contributed by atoms with Crippen molar-refractivity contribution in [2.45, 2.75) is 91.3 Å². The largest absolute Gasteiger partial charge is 0.350 e. The molecule has 0 aliphatic carbocycles. The molecule has 1 saturated heterocycles. The smallest absolute Gasteiger partial charge is 0.285 e. The molecule has 1 aliphatic heterocycles. The summed E-state index contributed by atoms with van der Waals surface area (Å²) in [6.07, 6.45) is 9.55. The van der Waals surface area contributed by atoms with E-state index < -0.39 is 5.97 Å². The van der Waals surface area contributed by atoms with Gasteiger partial charge in [-0.15, -0.1) is 0 Å². The third kappa shape index (κ3) is 9.34. The van der Waals surface area contributed by atoms with Crippen LogP contribution in [0.1, 0.15) is 79.1 Å². The minimum atomic E-state index is -0.949. The quantitative estimate of drug-likeness (QED) is 0.198. The molecule has 5 nitrogen and oxygen atoms in total. The van der Waals surface area contributed by atoms with E-state index in [-0.39, 0.29) is 12.2 Å². The Morgan fingerprint density at radius 3 is 1.92 bits per heavy atom. The second-order valence-corrected chi connectivity index (χ2v) is 6.58. The summed E-state index contributed by atoms with van der Waals surface area (Å²) in [6.45, 7) is 11.3. The number of hydrogen-bond acceptors (Lipinski definition) is 5. The van der Waals surface area contributed by atoms with Crippen molar-refractivity contribution < 1.29 is 23.7 Å². The molecule has 2 unspecified atom stereocenters. The van der Waals surface area contributed by atoms with Gasteiger partial charge in [0.15, 0.2) is 6.29 Å². The van der Waals surface area contributed by atoms with E-state index in [4.69, 9.17) is 23.7 Å². The van der Waals surface area contributed by atoms with Gasteiger partial charge in [-0.1, -0.05) is 45.4 Å². The summed E-state index contributed by atoms with van der Waals surface area (Å²) < 4.78 is 28.9. The highest BCUT2D eigenvalue weighted by atomic mass is 16.9. The van der Waals surface area contributed by atoms with E-state index in [1.165, 1.54) is 38.5 Å². The van der Waals surface area contributed by atoms with Gasteiger partial charge in [0.2, 0.25) is 0 Å². The minimum absolute atomic E-state index is 0.00428. The fourth-order valence-electron chi connectivity index (χ4n) is 3.23. The Morgan fingerprint density at radius 1 is 0.840 bits per heavy atom. The fourth-order valence-corrected chi connectivity index (χ4v) is 3.23. The van der Waals surface area contributed by atoms with Gasteiger partial charge in [0, 0.05) is 25.7 Å². The lowest BCUT2D eigenvalue weighted by atomic mass is 9.94. The molecule has 150 valence electrons. The first-order valence-electron chi connectivity index (χ1n) is 10.4. The maximum absolute atomic E-state index is 6.01. The van der Waals surface area contributed by atoms with E-state index >= 15 is 0 Å². The molecule has 0 spiro atoms. The van der Waals surface area contributed by atoms with Crippen molar-refractivity contribution in [2.24, 2.45) is 5.92 Å². The van der Waals surface area contributed by atoms with Crippen molar-refractivity contribution >= 4 is 0 Å². The lowest BCUT2D eigenvalue weighted by Gasteiger charge is -2.39. The number of ether oxygens (including phenoxy) is 5. The van der Waals surface area contributed by atoms with Gasteiger partial charge in [-0.3, -0.25) is 0 Å². The van der Waals surface area contributed by atoms with Gasteiger partial charge in [0.05, 0.1) is 6.61 Å². The summed E-state index contributed by atoms with van der Waals surface area (Å²) >= 11 is 0. The molecule has 0 aromatic heterocycles. The van der Waals surface area contributed by atoms with E-state index in [1.54, 1.807) is 0 Å². The third-order valence-electron chi connectivity index (χ3n) is 4.52. The van der Waals surface area contributed by atoms with Crippen molar-refractivity contribution in [3.8, 4) is 0 Å². The molecule has 0 aromatic carbocycles. The van der Waals surface area contributed by atoms with Crippen LogP contribution in [0, 0.1) is 5.92 Å². The van der Waals surface area contributed by atoms with E-state index in [2.05, 4.69) is 6.92 Å². The van der Waals surface area contributed by atoms with Crippen LogP contribution in [0.15, 0.2) is 0 Å². The van der Waals surface area contributed by atoms with Crippen LogP contribution >= 0.6 is 0 Å². The Kier molecular flexibility index (Phi) is 12.7. The predicted molar refractivity (Wildman–Crippen MR) is 99.4 cm³/mol. The lowest BCUT2D eigenvalue weighted by molar-refractivity contribution is -0.403. The zero-order valence-electron chi connectivity index (χ0n) is 16.9. The van der Waals surface area contributed by atoms with Crippen LogP contribution in [-0.2, 0) is 23.7 Å². The molecule has 1 rings (SSSR count). The molecule has 1 aliphatic rings. The van der Waals surface area contributed by atoms with Crippen LogP contribution in [0.2, 0.25) is 0 Å². The number of unbranched alkanes of at least 4 members (excludes halogenated alkanes) is 5. The maximum atomic E-state index is 6.01. The fraction of sp³-hybridized carbons (Fsp3) is 1.00. The summed E-state index contributed by atoms with van der Waals surface area (Å²) in [5, 5.41) is 0. The number of rotatable bonds is 18. The maximum Gasteiger partial charge on any atom is 0.285 e. The molecule has 25 heavy (non-hydrogen) atoms. The summed E-state index contributed by atoms with van der Waals surface area (Å²) in [5.74, 6) is -0.785. The molecule has 0 amide bonds. The highest BCUT2D eigenvalue weighted by Crippen LogP contribution is 2.33. The zero-order chi connectivity index (χ0) is 18.4. The molecule has 2 atom stereocenters. The first kappa shape index (κ1) is 22.8. The second kappa shape index (κ2) is 13.9. The topological polar surface area (TPSA) is 49.5 Å². The third-order valence-corrected chi connectivity index (χ3v) is 4.52. The Morgan fingerprint density at radius 2 is 1.40 bits per heavy atom. The van der Waals surface area contributed by atoms with Crippen LogP contribution in [0.5, 0.6) is 0 Å². The number of hydrogen-bond donors (Lipinski definition) is 0. The van der Waals surface area contributed by atoms with Gasteiger partial charge in [-0.25, -0.2) is 0 Å². The molecule has 0 saturated carbocycles. The molecule has 0 N–H and O–H groups in total. The Hall–Kier alpha value is -0.200. The molecule has 1 fully saturated rings. The van der Waals surface area contributed by atoms with Crippen LogP contribution in [-0.4, -0.2) is 45.3 Å². The van der Waals surface area contributed by atoms with Crippen molar-refractivity contribution in [1.82, 2.24) is 0 Å². The SMILES string of the molecule is CCCCCCCCC(CCOC1CO1)C(OCC)(OCC)OCC. The summed E-state index contributed by atoms with van der Waals surface area (Å²) in [5.41, 5.74) is 0. The highest BCUT2D eigenvalue weighted by molar-refractivity contribution is 4.73. The van der Waals surface area contributed by atoms with Crippen LogP contribution in [0.25, 0.3) is 0 Å². The predicted octanol–water partition coefficient (Wildman–Crippen LogP) is 4.88.